The molecule has 2 fully saturated rings. The molecule has 3 nitrogen and oxygen atoms in total. The molecule has 2 rings (SSSR count). The Morgan fingerprint density at radius 1 is 1.55 bits per heavy atom. The van der Waals surface area contributed by atoms with Gasteiger partial charge in [-0.3, -0.25) is 0 Å². The van der Waals surface area contributed by atoms with E-state index in [-0.39, 0.29) is 5.60 Å². The molecular formula is C8H16N2O. The summed E-state index contributed by atoms with van der Waals surface area (Å²) in [6, 6.07) is 0.321. The fourth-order valence-electron chi connectivity index (χ4n) is 1.73. The first-order chi connectivity index (χ1) is 5.21. The van der Waals surface area contributed by atoms with E-state index in [0.717, 1.165) is 32.5 Å². The molecule has 1 unspecified atom stereocenters. The van der Waals surface area contributed by atoms with Crippen molar-refractivity contribution in [3.8, 4) is 0 Å². The van der Waals surface area contributed by atoms with Gasteiger partial charge in [0.25, 0.3) is 0 Å². The zero-order chi connectivity index (χ0) is 7.90. The first kappa shape index (κ1) is 7.53. The Bertz CT molecular complexity index is 156. The Kier molecular flexibility index (Phi) is 1.67. The second-order valence-electron chi connectivity index (χ2n) is 3.87. The number of hydrogen-bond acceptors (Lipinski definition) is 3. The smallest absolute Gasteiger partial charge is 0.0814 e. The van der Waals surface area contributed by atoms with E-state index in [0.29, 0.717) is 6.04 Å². The van der Waals surface area contributed by atoms with Crippen molar-refractivity contribution < 1.29 is 5.11 Å². The molecule has 0 spiro atoms. The third kappa shape index (κ3) is 1.41. The average Bonchev–Trinajstić information content (AvgIpc) is 2.70. The van der Waals surface area contributed by atoms with Crippen molar-refractivity contribution in [3.05, 3.63) is 0 Å². The van der Waals surface area contributed by atoms with E-state index in [1.54, 1.807) is 0 Å². The van der Waals surface area contributed by atoms with Crippen molar-refractivity contribution in [3.63, 3.8) is 0 Å². The summed E-state index contributed by atoms with van der Waals surface area (Å²) < 4.78 is 0. The monoisotopic (exact) mass is 156 g/mol. The zero-order valence-electron chi connectivity index (χ0n) is 7.01. The first-order valence-corrected chi connectivity index (χ1v) is 4.35. The Balaban J connectivity index is 1.93. The van der Waals surface area contributed by atoms with Gasteiger partial charge in [-0.25, -0.2) is 0 Å². The van der Waals surface area contributed by atoms with E-state index in [1.165, 1.54) is 0 Å². The maximum Gasteiger partial charge on any atom is 0.0814 e. The summed E-state index contributed by atoms with van der Waals surface area (Å²) in [6.07, 6.45) is 1.97. The van der Waals surface area contributed by atoms with Crippen LogP contribution < -0.4 is 5.32 Å². The molecule has 1 saturated carbocycles. The van der Waals surface area contributed by atoms with Gasteiger partial charge in [-0.05, 0) is 19.9 Å². The summed E-state index contributed by atoms with van der Waals surface area (Å²) in [5.74, 6) is 0. The van der Waals surface area contributed by atoms with Crippen molar-refractivity contribution in [2.45, 2.75) is 24.5 Å². The Hall–Kier alpha value is -0.120. The summed E-state index contributed by atoms with van der Waals surface area (Å²) >= 11 is 0. The summed E-state index contributed by atoms with van der Waals surface area (Å²) in [6.45, 7) is 3.12. The highest BCUT2D eigenvalue weighted by atomic mass is 16.3. The van der Waals surface area contributed by atoms with Gasteiger partial charge in [0.1, 0.15) is 0 Å². The fraction of sp³-hybridized carbons (Fsp3) is 1.00. The minimum Gasteiger partial charge on any atom is -0.388 e. The van der Waals surface area contributed by atoms with E-state index in [4.69, 9.17) is 0 Å². The lowest BCUT2D eigenvalue weighted by Crippen LogP contribution is -2.55. The van der Waals surface area contributed by atoms with Gasteiger partial charge < -0.3 is 15.3 Å². The largest absolute Gasteiger partial charge is 0.388 e. The van der Waals surface area contributed by atoms with E-state index < -0.39 is 0 Å². The SMILES string of the molecule is CN1CCNC(C2(O)CC2)C1. The van der Waals surface area contributed by atoms with Crippen molar-refractivity contribution in [1.82, 2.24) is 10.2 Å². The Morgan fingerprint density at radius 2 is 2.27 bits per heavy atom. The van der Waals surface area contributed by atoms with Crippen molar-refractivity contribution in [2.75, 3.05) is 26.7 Å². The number of hydrogen-bond donors (Lipinski definition) is 2. The standard InChI is InChI=1S/C8H16N2O/c1-10-5-4-9-7(6-10)8(11)2-3-8/h7,9,11H,2-6H2,1H3. The molecule has 0 amide bonds. The van der Waals surface area contributed by atoms with Crippen LogP contribution in [-0.2, 0) is 0 Å². The van der Waals surface area contributed by atoms with E-state index in [1.807, 2.05) is 0 Å². The van der Waals surface area contributed by atoms with Crippen molar-refractivity contribution in [2.24, 2.45) is 0 Å². The van der Waals surface area contributed by atoms with E-state index >= 15 is 0 Å². The van der Waals surface area contributed by atoms with Crippen LogP contribution in [0.3, 0.4) is 0 Å². The van der Waals surface area contributed by atoms with Gasteiger partial charge in [0.2, 0.25) is 0 Å². The third-order valence-electron chi connectivity index (χ3n) is 2.79. The molecule has 1 heterocycles. The molecular weight excluding hydrogens is 140 g/mol. The van der Waals surface area contributed by atoms with Crippen molar-refractivity contribution >= 4 is 0 Å². The number of nitrogens with zero attached hydrogens (tertiary/aromatic N) is 1. The second kappa shape index (κ2) is 2.44. The molecule has 11 heavy (non-hydrogen) atoms. The van der Waals surface area contributed by atoms with Crippen LogP contribution in [0, 0.1) is 0 Å². The molecule has 1 saturated heterocycles. The second-order valence-corrected chi connectivity index (χ2v) is 3.87. The normalized spacial score (nSPS) is 37.1. The number of piperazine rings is 1. The molecule has 1 aliphatic heterocycles. The Labute approximate surface area is 67.4 Å². The molecule has 2 N–H and O–H groups in total. The van der Waals surface area contributed by atoms with Gasteiger partial charge in [-0.15, -0.1) is 0 Å². The van der Waals surface area contributed by atoms with Gasteiger partial charge in [0, 0.05) is 25.7 Å². The molecule has 0 radical (unpaired) electrons. The maximum atomic E-state index is 9.78. The predicted octanol–water partition coefficient (Wildman–Crippen LogP) is -0.585. The minimum atomic E-state index is -0.352. The van der Waals surface area contributed by atoms with E-state index in [2.05, 4.69) is 17.3 Å². The molecule has 0 aromatic rings. The highest BCUT2D eigenvalue weighted by Crippen LogP contribution is 2.39. The summed E-state index contributed by atoms with van der Waals surface area (Å²) in [4.78, 5) is 2.28. The molecule has 1 atom stereocenters. The number of aliphatic hydroxyl groups is 1. The van der Waals surface area contributed by atoms with Gasteiger partial charge >= 0.3 is 0 Å². The van der Waals surface area contributed by atoms with Crippen LogP contribution in [0.15, 0.2) is 0 Å². The van der Waals surface area contributed by atoms with Crippen LogP contribution in [0.4, 0.5) is 0 Å². The summed E-state index contributed by atoms with van der Waals surface area (Å²) in [5.41, 5.74) is -0.352. The highest BCUT2D eigenvalue weighted by Gasteiger charge is 2.48. The molecule has 0 aromatic carbocycles. The first-order valence-electron chi connectivity index (χ1n) is 4.35. The molecule has 2 aliphatic rings. The van der Waals surface area contributed by atoms with Crippen LogP contribution in [0.25, 0.3) is 0 Å². The fourth-order valence-corrected chi connectivity index (χ4v) is 1.73. The molecule has 0 bridgehead atoms. The van der Waals surface area contributed by atoms with Gasteiger partial charge in [-0.1, -0.05) is 0 Å². The highest BCUT2D eigenvalue weighted by molar-refractivity contribution is 5.05. The predicted molar refractivity (Wildman–Crippen MR) is 43.5 cm³/mol. The minimum absolute atomic E-state index is 0.321. The van der Waals surface area contributed by atoms with Crippen LogP contribution in [0.2, 0.25) is 0 Å². The molecule has 1 aliphatic carbocycles. The van der Waals surface area contributed by atoms with Crippen LogP contribution in [-0.4, -0.2) is 48.3 Å². The summed E-state index contributed by atoms with van der Waals surface area (Å²) in [7, 11) is 2.11. The molecule has 64 valence electrons. The number of rotatable bonds is 1. The van der Waals surface area contributed by atoms with Crippen molar-refractivity contribution in [1.29, 1.82) is 0 Å². The van der Waals surface area contributed by atoms with Gasteiger partial charge in [-0.2, -0.15) is 0 Å². The number of nitrogens with one attached hydrogen (secondary N) is 1. The average molecular weight is 156 g/mol. The summed E-state index contributed by atoms with van der Waals surface area (Å²) in [5, 5.41) is 13.1. The quantitative estimate of drug-likeness (QED) is 0.533. The lowest BCUT2D eigenvalue weighted by atomic mass is 10.1. The molecule has 0 aromatic heterocycles. The zero-order valence-corrected chi connectivity index (χ0v) is 7.01. The lowest BCUT2D eigenvalue weighted by molar-refractivity contribution is 0.0682. The lowest BCUT2D eigenvalue weighted by Gasteiger charge is -2.33. The van der Waals surface area contributed by atoms with Gasteiger partial charge in [0.05, 0.1) is 5.60 Å². The van der Waals surface area contributed by atoms with Gasteiger partial charge in [0.15, 0.2) is 0 Å². The number of likely N-dealkylation sites (N-methyl/N-ethyl adjacent to an activating group) is 1. The third-order valence-corrected chi connectivity index (χ3v) is 2.79. The van der Waals surface area contributed by atoms with Crippen LogP contribution in [0.1, 0.15) is 12.8 Å². The topological polar surface area (TPSA) is 35.5 Å². The van der Waals surface area contributed by atoms with E-state index in [9.17, 15) is 5.11 Å². The maximum absolute atomic E-state index is 9.78. The molecule has 3 heteroatoms. The Morgan fingerprint density at radius 3 is 2.82 bits per heavy atom. The van der Waals surface area contributed by atoms with Crippen LogP contribution in [0.5, 0.6) is 0 Å². The van der Waals surface area contributed by atoms with Crippen LogP contribution >= 0.6 is 0 Å².